The molecule has 0 atom stereocenters. The van der Waals surface area contributed by atoms with Gasteiger partial charge < -0.3 is 4.74 Å². The molecule has 0 aliphatic carbocycles. The Labute approximate surface area is 101 Å². The largest absolute Gasteiger partial charge is 0.468 e. The molecule has 86 valence electrons. The summed E-state index contributed by atoms with van der Waals surface area (Å²) in [4.78, 5) is 11.6. The van der Waals surface area contributed by atoms with E-state index in [-0.39, 0.29) is 5.97 Å². The smallest absolute Gasteiger partial charge is 0.315 e. The molecule has 0 unspecified atom stereocenters. The number of hydrogen-bond donors (Lipinski definition) is 0. The Morgan fingerprint density at radius 3 is 2.25 bits per heavy atom. The molecule has 1 aromatic rings. The topological polar surface area (TPSA) is 26.3 Å². The average Bonchev–Trinajstić information content (AvgIpc) is 2.28. The zero-order valence-corrected chi connectivity index (χ0v) is 10.5. The van der Waals surface area contributed by atoms with E-state index in [0.717, 1.165) is 11.1 Å². The Bertz CT molecular complexity index is 404. The van der Waals surface area contributed by atoms with Gasteiger partial charge in [-0.3, -0.25) is 4.79 Å². The molecule has 0 aromatic heterocycles. The summed E-state index contributed by atoms with van der Waals surface area (Å²) in [5.74, 6) is -0.299. The predicted octanol–water partition coefficient (Wildman–Crippen LogP) is 3.55. The van der Waals surface area contributed by atoms with Gasteiger partial charge in [0, 0.05) is 5.02 Å². The number of hydrogen-bond acceptors (Lipinski definition) is 2. The molecule has 2 nitrogen and oxygen atoms in total. The minimum absolute atomic E-state index is 0.299. The van der Waals surface area contributed by atoms with Crippen LogP contribution in [0.5, 0.6) is 0 Å². The summed E-state index contributed by atoms with van der Waals surface area (Å²) in [5.41, 5.74) is 0.874. The normalized spacial score (nSPS) is 11.0. The van der Waals surface area contributed by atoms with Crippen LogP contribution < -0.4 is 0 Å². The molecular weight excluding hydrogens is 224 g/mol. The molecule has 1 rings (SSSR count). The lowest BCUT2D eigenvalue weighted by Gasteiger charge is -2.24. The molecule has 0 N–H and O–H groups in total. The van der Waals surface area contributed by atoms with E-state index >= 15 is 0 Å². The maximum atomic E-state index is 11.6. The lowest BCUT2D eigenvalue weighted by Crippen LogP contribution is -2.26. The number of methoxy groups -OCH3 is 1. The Hall–Kier alpha value is -1.28. The number of rotatable bonds is 3. The fraction of sp³-hybridized carbons (Fsp3) is 0.308. The van der Waals surface area contributed by atoms with E-state index < -0.39 is 5.41 Å². The number of benzene rings is 1. The molecule has 1 aromatic carbocycles. The van der Waals surface area contributed by atoms with Gasteiger partial charge in [-0.2, -0.15) is 0 Å². The molecule has 0 bridgehead atoms. The second kappa shape index (κ2) is 4.71. The summed E-state index contributed by atoms with van der Waals surface area (Å²) in [5, 5.41) is 0.660. The van der Waals surface area contributed by atoms with Gasteiger partial charge in [0.2, 0.25) is 0 Å². The van der Waals surface area contributed by atoms with Gasteiger partial charge in [0.25, 0.3) is 0 Å². The molecule has 0 heterocycles. The third-order valence-corrected chi connectivity index (χ3v) is 2.89. The number of halogens is 1. The van der Waals surface area contributed by atoms with Crippen LogP contribution in [0.4, 0.5) is 0 Å². The highest BCUT2D eigenvalue weighted by Gasteiger charge is 2.32. The first-order valence-electron chi connectivity index (χ1n) is 4.93. The van der Waals surface area contributed by atoms with Gasteiger partial charge in [-0.1, -0.05) is 30.3 Å². The summed E-state index contributed by atoms with van der Waals surface area (Å²) in [6.07, 6.45) is 0. The standard InChI is InChI=1S/C13H15ClO2/c1-9(13(2,3)12(15)16-4)10-5-7-11(14)8-6-10/h5-8H,1H2,2-4H3. The highest BCUT2D eigenvalue weighted by atomic mass is 35.5. The van der Waals surface area contributed by atoms with Gasteiger partial charge in [-0.25, -0.2) is 0 Å². The first kappa shape index (κ1) is 12.8. The summed E-state index contributed by atoms with van der Waals surface area (Å²) in [7, 11) is 1.37. The second-order valence-electron chi connectivity index (χ2n) is 4.10. The monoisotopic (exact) mass is 238 g/mol. The Morgan fingerprint density at radius 1 is 1.31 bits per heavy atom. The van der Waals surface area contributed by atoms with Gasteiger partial charge in [0.15, 0.2) is 0 Å². The molecule has 0 saturated carbocycles. The fourth-order valence-corrected chi connectivity index (χ4v) is 1.52. The van der Waals surface area contributed by atoms with E-state index in [4.69, 9.17) is 16.3 Å². The van der Waals surface area contributed by atoms with Crippen LogP contribution >= 0.6 is 11.6 Å². The van der Waals surface area contributed by atoms with Crippen LogP contribution in [0.15, 0.2) is 30.8 Å². The molecule has 3 heteroatoms. The SMILES string of the molecule is C=C(c1ccc(Cl)cc1)C(C)(C)C(=O)OC. The summed E-state index contributed by atoms with van der Waals surface area (Å²) >= 11 is 5.80. The van der Waals surface area contributed by atoms with Crippen LogP contribution in [-0.4, -0.2) is 13.1 Å². The Balaban J connectivity index is 3.02. The summed E-state index contributed by atoms with van der Waals surface area (Å²) < 4.78 is 4.76. The average molecular weight is 239 g/mol. The van der Waals surface area contributed by atoms with Crippen LogP contribution in [0.2, 0.25) is 5.02 Å². The van der Waals surface area contributed by atoms with Crippen molar-refractivity contribution in [3.8, 4) is 0 Å². The fourth-order valence-electron chi connectivity index (χ4n) is 1.39. The van der Waals surface area contributed by atoms with Crippen molar-refractivity contribution in [2.45, 2.75) is 13.8 Å². The van der Waals surface area contributed by atoms with Crippen molar-refractivity contribution in [1.82, 2.24) is 0 Å². The minimum Gasteiger partial charge on any atom is -0.468 e. The molecule has 16 heavy (non-hydrogen) atoms. The van der Waals surface area contributed by atoms with Crippen LogP contribution in [0.25, 0.3) is 5.57 Å². The van der Waals surface area contributed by atoms with Crippen molar-refractivity contribution >= 4 is 23.1 Å². The van der Waals surface area contributed by atoms with E-state index in [9.17, 15) is 4.79 Å². The van der Waals surface area contributed by atoms with E-state index in [1.807, 2.05) is 12.1 Å². The van der Waals surface area contributed by atoms with Crippen molar-refractivity contribution in [1.29, 1.82) is 0 Å². The molecule has 0 saturated heterocycles. The summed E-state index contributed by atoms with van der Waals surface area (Å²) in [6.45, 7) is 7.53. The zero-order chi connectivity index (χ0) is 12.3. The molecule has 0 aliphatic heterocycles. The maximum absolute atomic E-state index is 11.6. The first-order valence-corrected chi connectivity index (χ1v) is 5.31. The van der Waals surface area contributed by atoms with Crippen LogP contribution in [-0.2, 0) is 9.53 Å². The lowest BCUT2D eigenvalue weighted by atomic mass is 9.81. The molecule has 0 spiro atoms. The maximum Gasteiger partial charge on any atom is 0.315 e. The van der Waals surface area contributed by atoms with Gasteiger partial charge >= 0.3 is 5.97 Å². The van der Waals surface area contributed by atoms with Gasteiger partial charge in [0.1, 0.15) is 0 Å². The third kappa shape index (κ3) is 2.45. The molecule has 0 amide bonds. The number of carbonyl (C=O) groups excluding carboxylic acids is 1. The third-order valence-electron chi connectivity index (χ3n) is 2.64. The van der Waals surface area contributed by atoms with E-state index in [1.165, 1.54) is 7.11 Å². The highest BCUT2D eigenvalue weighted by Crippen LogP contribution is 2.34. The molecular formula is C13H15ClO2. The minimum atomic E-state index is -0.734. The Kier molecular flexibility index (Phi) is 3.76. The zero-order valence-electron chi connectivity index (χ0n) is 9.71. The molecule has 0 aliphatic rings. The Morgan fingerprint density at radius 2 is 1.81 bits per heavy atom. The lowest BCUT2D eigenvalue weighted by molar-refractivity contribution is -0.147. The quantitative estimate of drug-likeness (QED) is 0.753. The van der Waals surface area contributed by atoms with E-state index in [0.29, 0.717) is 5.02 Å². The van der Waals surface area contributed by atoms with Crippen molar-refractivity contribution in [3.63, 3.8) is 0 Å². The van der Waals surface area contributed by atoms with Crippen LogP contribution in [0.1, 0.15) is 19.4 Å². The van der Waals surface area contributed by atoms with E-state index in [1.54, 1.807) is 26.0 Å². The van der Waals surface area contributed by atoms with Crippen molar-refractivity contribution in [2.24, 2.45) is 5.41 Å². The van der Waals surface area contributed by atoms with Crippen LogP contribution in [0, 0.1) is 5.41 Å². The van der Waals surface area contributed by atoms with Crippen LogP contribution in [0.3, 0.4) is 0 Å². The van der Waals surface area contributed by atoms with Crippen molar-refractivity contribution in [3.05, 3.63) is 41.4 Å². The van der Waals surface area contributed by atoms with Crippen molar-refractivity contribution in [2.75, 3.05) is 7.11 Å². The van der Waals surface area contributed by atoms with Gasteiger partial charge in [-0.05, 0) is 37.1 Å². The number of ether oxygens (including phenoxy) is 1. The number of carbonyl (C=O) groups is 1. The van der Waals surface area contributed by atoms with Crippen molar-refractivity contribution < 1.29 is 9.53 Å². The summed E-state index contributed by atoms with van der Waals surface area (Å²) in [6, 6.07) is 7.23. The highest BCUT2D eigenvalue weighted by molar-refractivity contribution is 6.30. The molecule has 0 radical (unpaired) electrons. The predicted molar refractivity (Wildman–Crippen MR) is 66.3 cm³/mol. The van der Waals surface area contributed by atoms with E-state index in [2.05, 4.69) is 6.58 Å². The first-order chi connectivity index (χ1) is 7.39. The van der Waals surface area contributed by atoms with Gasteiger partial charge in [0.05, 0.1) is 12.5 Å². The molecule has 0 fully saturated rings. The van der Waals surface area contributed by atoms with Gasteiger partial charge in [-0.15, -0.1) is 0 Å². The second-order valence-corrected chi connectivity index (χ2v) is 4.54. The number of esters is 1.